The van der Waals surface area contributed by atoms with Crippen molar-refractivity contribution in [3.05, 3.63) is 17.9 Å². The van der Waals surface area contributed by atoms with Crippen molar-refractivity contribution in [3.8, 4) is 0 Å². The highest BCUT2D eigenvalue weighted by Crippen LogP contribution is 2.11. The minimum absolute atomic E-state index is 0. The summed E-state index contributed by atoms with van der Waals surface area (Å²) in [6, 6.07) is 3.07. The van der Waals surface area contributed by atoms with Gasteiger partial charge in [0.05, 0.1) is 0 Å². The van der Waals surface area contributed by atoms with Crippen molar-refractivity contribution in [1.82, 2.24) is 10.0 Å². The first-order chi connectivity index (χ1) is 7.06. The van der Waals surface area contributed by atoms with Gasteiger partial charge in [-0.15, -0.1) is 12.4 Å². The van der Waals surface area contributed by atoms with Crippen LogP contribution in [-0.2, 0) is 10.0 Å². The number of aryl methyl sites for hydroxylation is 1. The molecule has 0 spiro atoms. The number of sulfonamides is 1. The first kappa shape index (κ1) is 15.4. The van der Waals surface area contributed by atoms with Gasteiger partial charge in [0, 0.05) is 13.1 Å². The van der Waals surface area contributed by atoms with Crippen LogP contribution in [0, 0.1) is 6.92 Å². The monoisotopic (exact) mass is 268 g/mol. The van der Waals surface area contributed by atoms with Crippen molar-refractivity contribution in [2.24, 2.45) is 0 Å². The Hall–Kier alpha value is -0.560. The van der Waals surface area contributed by atoms with Gasteiger partial charge >= 0.3 is 0 Å². The summed E-state index contributed by atoms with van der Waals surface area (Å²) in [5.41, 5.74) is 0. The second-order valence-corrected chi connectivity index (χ2v) is 4.81. The Morgan fingerprint density at radius 1 is 1.31 bits per heavy atom. The number of likely N-dealkylation sites (N-methyl/N-ethyl adjacent to an activating group) is 1. The summed E-state index contributed by atoms with van der Waals surface area (Å²) in [4.78, 5) is 0. The van der Waals surface area contributed by atoms with Gasteiger partial charge in [-0.1, -0.05) is 6.92 Å². The summed E-state index contributed by atoms with van der Waals surface area (Å²) < 4.78 is 30.6. The molecular weight excluding hydrogens is 252 g/mol. The average Bonchev–Trinajstić information content (AvgIpc) is 2.60. The van der Waals surface area contributed by atoms with Gasteiger partial charge in [-0.25, -0.2) is 13.1 Å². The highest BCUT2D eigenvalue weighted by molar-refractivity contribution is 7.89. The molecule has 94 valence electrons. The van der Waals surface area contributed by atoms with Crippen molar-refractivity contribution < 1.29 is 12.8 Å². The van der Waals surface area contributed by atoms with Crippen LogP contribution < -0.4 is 10.0 Å². The zero-order chi connectivity index (χ0) is 11.3. The van der Waals surface area contributed by atoms with E-state index in [0.717, 1.165) is 6.54 Å². The van der Waals surface area contributed by atoms with E-state index < -0.39 is 10.0 Å². The summed E-state index contributed by atoms with van der Waals surface area (Å²) in [5.74, 6) is 0.585. The van der Waals surface area contributed by atoms with Crippen LogP contribution in [-0.4, -0.2) is 28.1 Å². The average molecular weight is 269 g/mol. The molecule has 0 aromatic carbocycles. The van der Waals surface area contributed by atoms with Crippen LogP contribution >= 0.6 is 12.4 Å². The molecular formula is C9H17ClN2O3S. The SMILES string of the molecule is CCNCCNS(=O)(=O)c1ccc(C)o1.Cl. The Kier molecular flexibility index (Phi) is 6.66. The summed E-state index contributed by atoms with van der Waals surface area (Å²) >= 11 is 0. The third-order valence-electron chi connectivity index (χ3n) is 1.82. The number of rotatable bonds is 6. The van der Waals surface area contributed by atoms with Gasteiger partial charge in [0.15, 0.2) is 0 Å². The Morgan fingerprint density at radius 3 is 2.50 bits per heavy atom. The van der Waals surface area contributed by atoms with E-state index in [1.807, 2.05) is 6.92 Å². The molecule has 1 aromatic heterocycles. The minimum Gasteiger partial charge on any atom is -0.449 e. The Labute approximate surface area is 102 Å². The summed E-state index contributed by atoms with van der Waals surface area (Å²) in [5, 5.41) is 2.99. The third kappa shape index (κ3) is 4.52. The maximum absolute atomic E-state index is 11.6. The maximum Gasteiger partial charge on any atom is 0.274 e. The summed E-state index contributed by atoms with van der Waals surface area (Å²) in [6.45, 7) is 5.45. The lowest BCUT2D eigenvalue weighted by atomic mass is 10.5. The van der Waals surface area contributed by atoms with Crippen LogP contribution in [0.3, 0.4) is 0 Å². The summed E-state index contributed by atoms with van der Waals surface area (Å²) in [7, 11) is -3.48. The molecule has 5 nitrogen and oxygen atoms in total. The standard InChI is InChI=1S/C9H16N2O3S.ClH/c1-3-10-6-7-11-15(12,13)9-5-4-8(2)14-9;/h4-5,10-11H,3,6-7H2,1-2H3;1H. The quantitative estimate of drug-likeness (QED) is 0.752. The molecule has 1 rings (SSSR count). The number of halogens is 1. The molecule has 0 amide bonds. The van der Waals surface area contributed by atoms with E-state index in [9.17, 15) is 8.42 Å². The highest BCUT2D eigenvalue weighted by atomic mass is 35.5. The molecule has 0 saturated heterocycles. The molecule has 0 fully saturated rings. The van der Waals surface area contributed by atoms with Gasteiger partial charge in [0.1, 0.15) is 5.76 Å². The molecule has 7 heteroatoms. The van der Waals surface area contributed by atoms with Gasteiger partial charge < -0.3 is 9.73 Å². The maximum atomic E-state index is 11.6. The van der Waals surface area contributed by atoms with E-state index in [1.54, 1.807) is 13.0 Å². The molecule has 2 N–H and O–H groups in total. The van der Waals surface area contributed by atoms with Crippen LogP contribution in [0.5, 0.6) is 0 Å². The van der Waals surface area contributed by atoms with Crippen molar-refractivity contribution in [1.29, 1.82) is 0 Å². The molecule has 0 aliphatic carbocycles. The zero-order valence-corrected chi connectivity index (χ0v) is 11.0. The van der Waals surface area contributed by atoms with E-state index in [1.165, 1.54) is 6.07 Å². The van der Waals surface area contributed by atoms with E-state index >= 15 is 0 Å². The molecule has 0 unspecified atom stereocenters. The van der Waals surface area contributed by atoms with E-state index in [2.05, 4.69) is 10.0 Å². The summed E-state index contributed by atoms with van der Waals surface area (Å²) in [6.07, 6.45) is 0. The molecule has 1 aromatic rings. The number of furan rings is 1. The first-order valence-corrected chi connectivity index (χ1v) is 6.31. The number of hydrogen-bond donors (Lipinski definition) is 2. The fourth-order valence-electron chi connectivity index (χ4n) is 1.08. The third-order valence-corrected chi connectivity index (χ3v) is 3.16. The van der Waals surface area contributed by atoms with Crippen molar-refractivity contribution in [2.45, 2.75) is 18.9 Å². The van der Waals surface area contributed by atoms with Crippen molar-refractivity contribution >= 4 is 22.4 Å². The fraction of sp³-hybridized carbons (Fsp3) is 0.556. The largest absolute Gasteiger partial charge is 0.449 e. The molecule has 0 saturated carbocycles. The second-order valence-electron chi connectivity index (χ2n) is 3.12. The molecule has 16 heavy (non-hydrogen) atoms. The molecule has 0 aliphatic heterocycles. The molecule has 1 heterocycles. The molecule has 0 aliphatic rings. The van der Waals surface area contributed by atoms with Crippen LogP contribution in [0.2, 0.25) is 0 Å². The Morgan fingerprint density at radius 2 is 2.00 bits per heavy atom. The Bertz CT molecular complexity index is 403. The highest BCUT2D eigenvalue weighted by Gasteiger charge is 2.16. The van der Waals surface area contributed by atoms with E-state index in [-0.39, 0.29) is 17.5 Å². The Balaban J connectivity index is 0.00000225. The van der Waals surface area contributed by atoms with Crippen LogP contribution in [0.4, 0.5) is 0 Å². The fourth-order valence-corrected chi connectivity index (χ4v) is 2.08. The van der Waals surface area contributed by atoms with Gasteiger partial charge in [-0.3, -0.25) is 0 Å². The van der Waals surface area contributed by atoms with Gasteiger partial charge in [-0.05, 0) is 25.6 Å². The van der Waals surface area contributed by atoms with E-state index in [0.29, 0.717) is 18.8 Å². The topological polar surface area (TPSA) is 71.3 Å². The second kappa shape index (κ2) is 6.90. The van der Waals surface area contributed by atoms with Crippen LogP contribution in [0.1, 0.15) is 12.7 Å². The van der Waals surface area contributed by atoms with Crippen molar-refractivity contribution in [3.63, 3.8) is 0 Å². The van der Waals surface area contributed by atoms with Crippen LogP contribution in [0.25, 0.3) is 0 Å². The van der Waals surface area contributed by atoms with Crippen LogP contribution in [0.15, 0.2) is 21.6 Å². The normalized spacial score (nSPS) is 11.1. The van der Waals surface area contributed by atoms with Gasteiger partial charge in [-0.2, -0.15) is 0 Å². The molecule has 0 radical (unpaired) electrons. The minimum atomic E-state index is -3.48. The molecule has 0 atom stereocenters. The van der Waals surface area contributed by atoms with Crippen molar-refractivity contribution in [2.75, 3.05) is 19.6 Å². The smallest absolute Gasteiger partial charge is 0.274 e. The zero-order valence-electron chi connectivity index (χ0n) is 9.32. The first-order valence-electron chi connectivity index (χ1n) is 4.83. The number of hydrogen-bond acceptors (Lipinski definition) is 4. The molecule has 0 bridgehead atoms. The predicted octanol–water partition coefficient (Wildman–Crippen LogP) is 0.898. The lowest BCUT2D eigenvalue weighted by Crippen LogP contribution is -2.31. The van der Waals surface area contributed by atoms with E-state index in [4.69, 9.17) is 4.42 Å². The lowest BCUT2D eigenvalue weighted by molar-refractivity contribution is 0.425. The number of nitrogens with one attached hydrogen (secondary N) is 2. The van der Waals surface area contributed by atoms with Gasteiger partial charge in [0.25, 0.3) is 10.0 Å². The lowest BCUT2D eigenvalue weighted by Gasteiger charge is -2.04. The van der Waals surface area contributed by atoms with Gasteiger partial charge in [0.2, 0.25) is 5.09 Å². The predicted molar refractivity (Wildman–Crippen MR) is 64.4 cm³/mol.